The molecule has 1 N–H and O–H groups in total. The van der Waals surface area contributed by atoms with Crippen molar-refractivity contribution in [2.45, 2.75) is 32.1 Å². The van der Waals surface area contributed by atoms with Gasteiger partial charge in [-0.15, -0.1) is 0 Å². The van der Waals surface area contributed by atoms with Crippen LogP contribution in [0.4, 0.5) is 0 Å². The number of amides is 1. The Labute approximate surface area is 147 Å². The molecule has 0 aliphatic carbocycles. The molecule has 134 valence electrons. The zero-order valence-electron chi connectivity index (χ0n) is 14.6. The van der Waals surface area contributed by atoms with E-state index in [2.05, 4.69) is 20.4 Å². The van der Waals surface area contributed by atoms with Crippen molar-refractivity contribution in [3.63, 3.8) is 0 Å². The SMILES string of the molecule is CNCCC1CCN(C(=O)CCc2nc(-c3ccncc3)no2)CC1. The summed E-state index contributed by atoms with van der Waals surface area (Å²) in [6.07, 6.45) is 7.67. The number of pyridine rings is 1. The zero-order valence-corrected chi connectivity index (χ0v) is 14.6. The van der Waals surface area contributed by atoms with E-state index in [0.717, 1.165) is 44.0 Å². The maximum atomic E-state index is 12.4. The number of hydrogen-bond donors (Lipinski definition) is 1. The van der Waals surface area contributed by atoms with Gasteiger partial charge < -0.3 is 14.7 Å². The molecule has 1 aliphatic heterocycles. The second-order valence-corrected chi connectivity index (χ2v) is 6.46. The van der Waals surface area contributed by atoms with Crippen LogP contribution in [0.1, 0.15) is 31.6 Å². The summed E-state index contributed by atoms with van der Waals surface area (Å²) in [6, 6.07) is 3.66. The van der Waals surface area contributed by atoms with Crippen LogP contribution < -0.4 is 5.32 Å². The quantitative estimate of drug-likeness (QED) is 0.827. The summed E-state index contributed by atoms with van der Waals surface area (Å²) in [4.78, 5) is 22.7. The molecule has 0 unspecified atom stereocenters. The number of aryl methyl sites for hydroxylation is 1. The number of nitrogens with one attached hydrogen (secondary N) is 1. The third-order valence-electron chi connectivity index (χ3n) is 4.73. The lowest BCUT2D eigenvalue weighted by Crippen LogP contribution is -2.39. The van der Waals surface area contributed by atoms with Gasteiger partial charge in [0.25, 0.3) is 0 Å². The summed E-state index contributed by atoms with van der Waals surface area (Å²) in [6.45, 7) is 2.77. The van der Waals surface area contributed by atoms with Crippen molar-refractivity contribution in [3.8, 4) is 11.4 Å². The lowest BCUT2D eigenvalue weighted by molar-refractivity contribution is -0.132. The van der Waals surface area contributed by atoms with E-state index in [1.54, 1.807) is 12.4 Å². The Hall–Kier alpha value is -2.28. The van der Waals surface area contributed by atoms with E-state index in [4.69, 9.17) is 4.52 Å². The number of piperidine rings is 1. The molecule has 0 radical (unpaired) electrons. The topological polar surface area (TPSA) is 84.2 Å². The summed E-state index contributed by atoms with van der Waals surface area (Å²) in [5, 5.41) is 7.16. The molecule has 2 aromatic heterocycles. The van der Waals surface area contributed by atoms with Crippen molar-refractivity contribution in [1.82, 2.24) is 25.3 Å². The molecule has 0 saturated carbocycles. The Morgan fingerprint density at radius 1 is 1.32 bits per heavy atom. The molecule has 0 spiro atoms. The molecule has 7 nitrogen and oxygen atoms in total. The first-order valence-corrected chi connectivity index (χ1v) is 8.91. The van der Waals surface area contributed by atoms with Crippen molar-refractivity contribution in [2.75, 3.05) is 26.7 Å². The van der Waals surface area contributed by atoms with Crippen LogP contribution in [-0.4, -0.2) is 52.6 Å². The number of rotatable bonds is 7. The van der Waals surface area contributed by atoms with Gasteiger partial charge in [-0.1, -0.05) is 5.16 Å². The highest BCUT2D eigenvalue weighted by Gasteiger charge is 2.22. The number of likely N-dealkylation sites (tertiary alicyclic amines) is 1. The number of carbonyl (C=O) groups excluding carboxylic acids is 1. The number of aromatic nitrogens is 3. The van der Waals surface area contributed by atoms with Gasteiger partial charge in [0.2, 0.25) is 17.6 Å². The predicted molar refractivity (Wildman–Crippen MR) is 93.7 cm³/mol. The summed E-state index contributed by atoms with van der Waals surface area (Å²) in [5.74, 6) is 1.95. The van der Waals surface area contributed by atoms with Gasteiger partial charge in [-0.3, -0.25) is 9.78 Å². The smallest absolute Gasteiger partial charge is 0.227 e. The lowest BCUT2D eigenvalue weighted by Gasteiger charge is -2.32. The minimum atomic E-state index is 0.177. The van der Waals surface area contributed by atoms with Crippen molar-refractivity contribution in [1.29, 1.82) is 0 Å². The van der Waals surface area contributed by atoms with Crippen LogP contribution in [0.3, 0.4) is 0 Å². The van der Waals surface area contributed by atoms with Crippen LogP contribution in [0.5, 0.6) is 0 Å². The van der Waals surface area contributed by atoms with E-state index in [1.165, 1.54) is 6.42 Å². The number of nitrogens with zero attached hydrogens (tertiary/aromatic N) is 4. The van der Waals surface area contributed by atoms with Crippen LogP contribution in [0, 0.1) is 5.92 Å². The maximum absolute atomic E-state index is 12.4. The second-order valence-electron chi connectivity index (χ2n) is 6.46. The molecule has 25 heavy (non-hydrogen) atoms. The van der Waals surface area contributed by atoms with Crippen molar-refractivity contribution in [2.24, 2.45) is 5.92 Å². The molecule has 0 bridgehead atoms. The van der Waals surface area contributed by atoms with Crippen LogP contribution in [0.15, 0.2) is 29.0 Å². The third-order valence-corrected chi connectivity index (χ3v) is 4.73. The van der Waals surface area contributed by atoms with Gasteiger partial charge in [0.05, 0.1) is 0 Å². The molecule has 2 aromatic rings. The molecule has 1 saturated heterocycles. The molecule has 1 amide bonds. The Balaban J connectivity index is 1.45. The fourth-order valence-electron chi connectivity index (χ4n) is 3.17. The first-order valence-electron chi connectivity index (χ1n) is 8.91. The Bertz CT molecular complexity index is 665. The molecule has 0 aromatic carbocycles. The molecule has 1 aliphatic rings. The number of carbonyl (C=O) groups is 1. The van der Waals surface area contributed by atoms with Crippen molar-refractivity contribution >= 4 is 5.91 Å². The van der Waals surface area contributed by atoms with Crippen LogP contribution >= 0.6 is 0 Å². The van der Waals surface area contributed by atoms with E-state index in [1.807, 2.05) is 24.1 Å². The lowest BCUT2D eigenvalue weighted by atomic mass is 9.93. The highest BCUT2D eigenvalue weighted by atomic mass is 16.5. The van der Waals surface area contributed by atoms with Gasteiger partial charge in [-0.25, -0.2) is 0 Å². The fourth-order valence-corrected chi connectivity index (χ4v) is 3.17. The minimum absolute atomic E-state index is 0.177. The molecule has 3 heterocycles. The number of hydrogen-bond acceptors (Lipinski definition) is 6. The van der Waals surface area contributed by atoms with Crippen LogP contribution in [-0.2, 0) is 11.2 Å². The zero-order chi connectivity index (χ0) is 17.5. The Morgan fingerprint density at radius 2 is 2.08 bits per heavy atom. The van der Waals surface area contributed by atoms with Crippen LogP contribution in [0.2, 0.25) is 0 Å². The average molecular weight is 343 g/mol. The van der Waals surface area contributed by atoms with Crippen molar-refractivity contribution < 1.29 is 9.32 Å². The van der Waals surface area contributed by atoms with Gasteiger partial charge in [-0.05, 0) is 50.9 Å². The van der Waals surface area contributed by atoms with E-state index in [-0.39, 0.29) is 5.91 Å². The third kappa shape index (κ3) is 4.85. The van der Waals surface area contributed by atoms with E-state index >= 15 is 0 Å². The monoisotopic (exact) mass is 343 g/mol. The summed E-state index contributed by atoms with van der Waals surface area (Å²) < 4.78 is 5.26. The van der Waals surface area contributed by atoms with Crippen molar-refractivity contribution in [3.05, 3.63) is 30.4 Å². The van der Waals surface area contributed by atoms with Gasteiger partial charge >= 0.3 is 0 Å². The standard InChI is InChI=1S/C18H25N5O2/c1-19-9-4-14-7-12-23(13-8-14)17(24)3-2-16-21-18(22-25-16)15-5-10-20-11-6-15/h5-6,10-11,14,19H,2-4,7-9,12-13H2,1H3. The highest BCUT2D eigenvalue weighted by Crippen LogP contribution is 2.21. The summed E-state index contributed by atoms with van der Waals surface area (Å²) >= 11 is 0. The first-order chi connectivity index (χ1) is 12.3. The average Bonchev–Trinajstić information content (AvgIpc) is 3.14. The first kappa shape index (κ1) is 17.5. The van der Waals surface area contributed by atoms with Gasteiger partial charge in [-0.2, -0.15) is 4.98 Å². The maximum Gasteiger partial charge on any atom is 0.227 e. The van der Waals surface area contributed by atoms with Gasteiger partial charge in [0, 0.05) is 43.9 Å². The van der Waals surface area contributed by atoms with Gasteiger partial charge in [0.15, 0.2) is 0 Å². The molecule has 7 heteroatoms. The Morgan fingerprint density at radius 3 is 2.80 bits per heavy atom. The van der Waals surface area contributed by atoms with E-state index in [0.29, 0.717) is 24.6 Å². The molecular weight excluding hydrogens is 318 g/mol. The summed E-state index contributed by atoms with van der Waals surface area (Å²) in [7, 11) is 1.98. The second kappa shape index (κ2) is 8.71. The van der Waals surface area contributed by atoms with E-state index < -0.39 is 0 Å². The fraction of sp³-hybridized carbons (Fsp3) is 0.556. The molecular formula is C18H25N5O2. The van der Waals surface area contributed by atoms with Crippen LogP contribution in [0.25, 0.3) is 11.4 Å². The summed E-state index contributed by atoms with van der Waals surface area (Å²) in [5.41, 5.74) is 0.861. The Kier molecular flexibility index (Phi) is 6.11. The molecule has 0 atom stereocenters. The highest BCUT2D eigenvalue weighted by molar-refractivity contribution is 5.76. The van der Waals surface area contributed by atoms with Gasteiger partial charge in [0.1, 0.15) is 0 Å². The normalized spacial score (nSPS) is 15.5. The predicted octanol–water partition coefficient (Wildman–Crippen LogP) is 1.91. The largest absolute Gasteiger partial charge is 0.343 e. The minimum Gasteiger partial charge on any atom is -0.343 e. The molecule has 1 fully saturated rings. The molecule has 3 rings (SSSR count). The van der Waals surface area contributed by atoms with E-state index in [9.17, 15) is 4.79 Å².